The third-order valence-electron chi connectivity index (χ3n) is 7.12. The van der Waals surface area contributed by atoms with E-state index in [4.69, 9.17) is 0 Å². The summed E-state index contributed by atoms with van der Waals surface area (Å²) in [5.41, 5.74) is 1.24. The lowest BCUT2D eigenvalue weighted by atomic mass is 10.0. The van der Waals surface area contributed by atoms with Gasteiger partial charge in [-0.25, -0.2) is 4.79 Å². The Morgan fingerprint density at radius 1 is 1.05 bits per heavy atom. The van der Waals surface area contributed by atoms with Crippen LogP contribution in [-0.4, -0.2) is 87.0 Å². The molecule has 3 rings (SSSR count). The second kappa shape index (κ2) is 15.6. The molecular weight excluding hydrogens is 544 g/mol. The quantitative estimate of drug-likeness (QED) is 0.254. The van der Waals surface area contributed by atoms with E-state index in [0.717, 1.165) is 5.56 Å². The molecule has 42 heavy (non-hydrogen) atoms. The molecule has 1 aliphatic rings. The van der Waals surface area contributed by atoms with E-state index in [9.17, 15) is 29.1 Å². The van der Waals surface area contributed by atoms with Crippen molar-refractivity contribution in [3.63, 3.8) is 0 Å². The molecular formula is C28H40N8O6. The van der Waals surface area contributed by atoms with Gasteiger partial charge in [-0.3, -0.25) is 23.9 Å². The van der Waals surface area contributed by atoms with Crippen LogP contribution < -0.4 is 26.6 Å². The number of carbonyl (C=O) groups excluding carboxylic acids is 4. The van der Waals surface area contributed by atoms with Gasteiger partial charge in [0.05, 0.1) is 11.7 Å². The molecule has 0 fully saturated rings. The Balaban J connectivity index is 1.86. The van der Waals surface area contributed by atoms with Crippen molar-refractivity contribution in [2.75, 3.05) is 7.05 Å². The molecule has 5 atom stereocenters. The number of nitrogens with one attached hydrogen (secondary N) is 5. The number of fused-ring (bicyclic) bond motifs is 2. The Kier molecular flexibility index (Phi) is 12.0. The number of carboxylic acid groups (broad SMARTS) is 1. The molecule has 0 radical (unpaired) electrons. The number of benzene rings is 1. The van der Waals surface area contributed by atoms with Crippen LogP contribution in [0.15, 0.2) is 36.5 Å². The fourth-order valence-electron chi connectivity index (χ4n) is 4.45. The number of aromatic nitrogens is 3. The van der Waals surface area contributed by atoms with Crippen LogP contribution in [0.2, 0.25) is 0 Å². The molecule has 0 unspecified atom stereocenters. The molecule has 1 aliphatic heterocycles. The van der Waals surface area contributed by atoms with Gasteiger partial charge in [0, 0.05) is 25.6 Å². The van der Waals surface area contributed by atoms with Crippen LogP contribution in [0.25, 0.3) is 0 Å². The van der Waals surface area contributed by atoms with Gasteiger partial charge in [0.1, 0.15) is 24.2 Å². The fourth-order valence-corrected chi connectivity index (χ4v) is 4.45. The van der Waals surface area contributed by atoms with E-state index in [0.29, 0.717) is 31.5 Å². The summed E-state index contributed by atoms with van der Waals surface area (Å²) in [6.07, 6.45) is 3.97. The summed E-state index contributed by atoms with van der Waals surface area (Å²) >= 11 is 0. The molecule has 0 aliphatic carbocycles. The second-order valence-electron chi connectivity index (χ2n) is 10.5. The number of carboxylic acids is 1. The number of aliphatic carboxylic acids is 1. The lowest BCUT2D eigenvalue weighted by Gasteiger charge is -2.25. The maximum absolute atomic E-state index is 13.3. The third-order valence-corrected chi connectivity index (χ3v) is 7.12. The maximum atomic E-state index is 13.3. The van der Waals surface area contributed by atoms with Crippen LogP contribution in [-0.2, 0) is 43.4 Å². The van der Waals surface area contributed by atoms with E-state index in [1.54, 1.807) is 49.1 Å². The SMILES string of the molecule is CN[C@@H](C)C(=O)N[C@H]1Cc2cn(nn2)CCCCC[C@@H](C(=O)O)NC(=O)[C@H](Cc2ccccc2)NC(=O)[C@H](C)NC1=O. The highest BCUT2D eigenvalue weighted by molar-refractivity contribution is 5.95. The largest absolute Gasteiger partial charge is 0.480 e. The summed E-state index contributed by atoms with van der Waals surface area (Å²) in [7, 11) is 1.62. The van der Waals surface area contributed by atoms with E-state index in [2.05, 4.69) is 36.9 Å². The predicted octanol–water partition coefficient (Wildman–Crippen LogP) is -0.711. The van der Waals surface area contributed by atoms with Gasteiger partial charge in [0.2, 0.25) is 23.6 Å². The van der Waals surface area contributed by atoms with Gasteiger partial charge in [0.15, 0.2) is 0 Å². The number of nitrogens with zero attached hydrogens (tertiary/aromatic N) is 3. The van der Waals surface area contributed by atoms with Crippen LogP contribution >= 0.6 is 0 Å². The molecule has 228 valence electrons. The van der Waals surface area contributed by atoms with Gasteiger partial charge in [-0.05, 0) is 39.3 Å². The zero-order chi connectivity index (χ0) is 30.6. The zero-order valence-corrected chi connectivity index (χ0v) is 24.1. The molecule has 0 spiro atoms. The highest BCUT2D eigenvalue weighted by Crippen LogP contribution is 2.10. The first kappa shape index (κ1) is 32.2. The summed E-state index contributed by atoms with van der Waals surface area (Å²) < 4.78 is 1.62. The Bertz CT molecular complexity index is 1240. The van der Waals surface area contributed by atoms with Crippen molar-refractivity contribution in [3.05, 3.63) is 47.8 Å². The normalized spacial score (nSPS) is 23.6. The topological polar surface area (TPSA) is 196 Å². The number of hydrogen-bond acceptors (Lipinski definition) is 8. The van der Waals surface area contributed by atoms with Crippen molar-refractivity contribution in [1.29, 1.82) is 0 Å². The summed E-state index contributed by atoms with van der Waals surface area (Å²) in [5.74, 6) is -3.48. The van der Waals surface area contributed by atoms with Crippen molar-refractivity contribution >= 4 is 29.6 Å². The minimum absolute atomic E-state index is 0.0433. The van der Waals surface area contributed by atoms with Gasteiger partial charge >= 0.3 is 5.97 Å². The first-order valence-electron chi connectivity index (χ1n) is 14.1. The average Bonchev–Trinajstić information content (AvgIpc) is 3.41. The molecule has 2 heterocycles. The van der Waals surface area contributed by atoms with Gasteiger partial charge in [-0.2, -0.15) is 0 Å². The number of amides is 4. The van der Waals surface area contributed by atoms with E-state index in [-0.39, 0.29) is 19.3 Å². The summed E-state index contributed by atoms with van der Waals surface area (Å²) in [4.78, 5) is 64.3. The Morgan fingerprint density at radius 2 is 1.79 bits per heavy atom. The molecule has 14 nitrogen and oxygen atoms in total. The average molecular weight is 585 g/mol. The van der Waals surface area contributed by atoms with Crippen LogP contribution in [0.5, 0.6) is 0 Å². The van der Waals surface area contributed by atoms with Gasteiger partial charge in [0.25, 0.3) is 0 Å². The van der Waals surface area contributed by atoms with E-state index >= 15 is 0 Å². The van der Waals surface area contributed by atoms with E-state index < -0.39 is 59.8 Å². The first-order chi connectivity index (χ1) is 20.1. The Morgan fingerprint density at radius 3 is 2.48 bits per heavy atom. The Hall–Kier alpha value is -4.33. The van der Waals surface area contributed by atoms with Crippen LogP contribution in [0.4, 0.5) is 0 Å². The second-order valence-corrected chi connectivity index (χ2v) is 10.5. The van der Waals surface area contributed by atoms with Crippen molar-refractivity contribution in [2.24, 2.45) is 0 Å². The van der Waals surface area contributed by atoms with Crippen molar-refractivity contribution in [2.45, 2.75) is 89.1 Å². The monoisotopic (exact) mass is 584 g/mol. The van der Waals surface area contributed by atoms with Crippen LogP contribution in [0.3, 0.4) is 0 Å². The molecule has 2 bridgehead atoms. The van der Waals surface area contributed by atoms with Gasteiger partial charge in [-0.15, -0.1) is 5.10 Å². The van der Waals surface area contributed by atoms with Crippen molar-refractivity contribution in [1.82, 2.24) is 41.6 Å². The van der Waals surface area contributed by atoms with E-state index in [1.807, 2.05) is 6.07 Å². The lowest BCUT2D eigenvalue weighted by molar-refractivity contribution is -0.142. The van der Waals surface area contributed by atoms with E-state index in [1.165, 1.54) is 6.92 Å². The molecule has 1 aromatic carbocycles. The highest BCUT2D eigenvalue weighted by atomic mass is 16.4. The van der Waals surface area contributed by atoms with Gasteiger partial charge < -0.3 is 31.7 Å². The van der Waals surface area contributed by atoms with Crippen molar-refractivity contribution in [3.8, 4) is 0 Å². The smallest absolute Gasteiger partial charge is 0.326 e. The summed E-state index contributed by atoms with van der Waals surface area (Å²) in [6.45, 7) is 3.63. The molecule has 4 amide bonds. The van der Waals surface area contributed by atoms with Crippen LogP contribution in [0, 0.1) is 0 Å². The molecule has 2 aromatic rings. The lowest BCUT2D eigenvalue weighted by Crippen LogP contribution is -2.58. The highest BCUT2D eigenvalue weighted by Gasteiger charge is 2.31. The Labute approximate surface area is 244 Å². The third kappa shape index (κ3) is 9.65. The number of hydrogen-bond donors (Lipinski definition) is 6. The maximum Gasteiger partial charge on any atom is 0.326 e. The molecule has 0 saturated carbocycles. The number of rotatable bonds is 6. The summed E-state index contributed by atoms with van der Waals surface area (Å²) in [5, 5.41) is 31.3. The number of likely N-dealkylation sites (N-methyl/N-ethyl adjacent to an activating group) is 1. The number of aryl methyl sites for hydroxylation is 1. The fraction of sp³-hybridized carbons (Fsp3) is 0.536. The molecule has 14 heteroatoms. The zero-order valence-electron chi connectivity index (χ0n) is 24.1. The van der Waals surface area contributed by atoms with Gasteiger partial charge in [-0.1, -0.05) is 48.4 Å². The van der Waals surface area contributed by atoms with Crippen LogP contribution in [0.1, 0.15) is 50.8 Å². The van der Waals surface area contributed by atoms with Crippen molar-refractivity contribution < 1.29 is 29.1 Å². The molecule has 6 N–H and O–H groups in total. The molecule has 1 aromatic heterocycles. The minimum atomic E-state index is -1.17. The summed E-state index contributed by atoms with van der Waals surface area (Å²) in [6, 6.07) is 4.07. The predicted molar refractivity (Wildman–Crippen MR) is 152 cm³/mol. The molecule has 0 saturated heterocycles. The first-order valence-corrected chi connectivity index (χ1v) is 14.1. The minimum Gasteiger partial charge on any atom is -0.480 e. The number of carbonyl (C=O) groups is 5. The standard InChI is InChI=1S/C28H40N8O6/c1-17(29-3)24(37)33-23-15-20-16-36(35-34-20)13-9-5-8-12-21(28(41)42)31-27(40)22(14-19-10-6-4-7-11-19)32-25(38)18(2)30-26(23)39/h4,6-7,10-11,16-18,21-23,29H,5,8-9,12-15H2,1-3H3,(H,30,39)(H,31,40)(H,32,38)(H,33,37)(H,41,42)/t17-,18-,21-,22-,23-/m0/s1.